The fourth-order valence-electron chi connectivity index (χ4n) is 2.57. The van der Waals surface area contributed by atoms with Crippen LogP contribution in [0.15, 0.2) is 24.3 Å². The molecule has 1 aromatic carbocycles. The third kappa shape index (κ3) is 4.70. The van der Waals surface area contributed by atoms with Crippen LogP contribution in [0.4, 0.5) is 23.7 Å². The number of alkyl halides is 3. The highest BCUT2D eigenvalue weighted by Gasteiger charge is 2.43. The summed E-state index contributed by atoms with van der Waals surface area (Å²) in [6, 6.07) is 3.38. The molecule has 1 aromatic rings. The lowest BCUT2D eigenvalue weighted by Crippen LogP contribution is -2.45. The molecule has 12 heteroatoms. The Morgan fingerprint density at radius 1 is 1.10 bits per heavy atom. The maximum Gasteiger partial charge on any atom is 0.418 e. The number of imide groups is 2. The molecule has 6 amide bonds. The normalized spacial score (nSPS) is 14.4. The number of anilines is 1. The number of carbonyl (C=O) groups excluding carboxylic acids is 5. The number of amides is 6. The molecule has 9 nitrogen and oxygen atoms in total. The summed E-state index contributed by atoms with van der Waals surface area (Å²) in [5.74, 6) is -3.99. The van der Waals surface area contributed by atoms with E-state index in [-0.39, 0.29) is 6.54 Å². The molecule has 1 aliphatic heterocycles. The number of carbonyl (C=O) groups is 5. The van der Waals surface area contributed by atoms with Crippen LogP contribution in [0.5, 0.6) is 0 Å². The average Bonchev–Trinajstić information content (AvgIpc) is 2.83. The van der Waals surface area contributed by atoms with Crippen molar-refractivity contribution in [2.24, 2.45) is 0 Å². The maximum absolute atomic E-state index is 13.0. The highest BCUT2D eigenvalue weighted by Crippen LogP contribution is 2.34. The van der Waals surface area contributed by atoms with Gasteiger partial charge >= 0.3 is 24.0 Å². The van der Waals surface area contributed by atoms with Crippen LogP contribution in [-0.4, -0.2) is 71.0 Å². The minimum atomic E-state index is -4.68. The van der Waals surface area contributed by atoms with Gasteiger partial charge in [-0.3, -0.25) is 24.1 Å². The fraction of sp³-hybridized carbons (Fsp3) is 0.353. The van der Waals surface area contributed by atoms with Crippen LogP contribution < -0.4 is 5.32 Å². The number of rotatable bonds is 6. The number of hydrogen-bond acceptors (Lipinski definition) is 5. The van der Waals surface area contributed by atoms with Gasteiger partial charge in [0.2, 0.25) is 11.8 Å². The molecule has 1 saturated heterocycles. The number of urea groups is 1. The molecule has 29 heavy (non-hydrogen) atoms. The summed E-state index contributed by atoms with van der Waals surface area (Å²) >= 11 is 0. The van der Waals surface area contributed by atoms with Gasteiger partial charge in [0.1, 0.15) is 6.54 Å². The fourth-order valence-corrected chi connectivity index (χ4v) is 2.57. The lowest BCUT2D eigenvalue weighted by atomic mass is 10.1. The first kappa shape index (κ1) is 21.9. The molecule has 0 aromatic heterocycles. The summed E-state index contributed by atoms with van der Waals surface area (Å²) in [6.45, 7) is 0.0997. The highest BCUT2D eigenvalue weighted by molar-refractivity contribution is 6.44. The molecule has 0 bridgehead atoms. The number of halogens is 3. The summed E-state index contributed by atoms with van der Waals surface area (Å²) < 4.78 is 39.0. The summed E-state index contributed by atoms with van der Waals surface area (Å²) in [5.41, 5.74) is -1.51. The van der Waals surface area contributed by atoms with Gasteiger partial charge in [-0.25, -0.2) is 9.69 Å². The summed E-state index contributed by atoms with van der Waals surface area (Å²) in [7, 11) is 1.08. The maximum atomic E-state index is 13.0. The predicted octanol–water partition coefficient (Wildman–Crippen LogP) is 0.913. The molecule has 1 N–H and O–H groups in total. The third-order valence-electron chi connectivity index (χ3n) is 4.12. The first-order chi connectivity index (χ1) is 13.5. The second-order valence-corrected chi connectivity index (χ2v) is 6.04. The van der Waals surface area contributed by atoms with E-state index in [1.165, 1.54) is 19.1 Å². The molecule has 1 fully saturated rings. The van der Waals surface area contributed by atoms with Crippen LogP contribution in [0.3, 0.4) is 0 Å². The zero-order valence-electron chi connectivity index (χ0n) is 15.4. The average molecular weight is 414 g/mol. The van der Waals surface area contributed by atoms with Gasteiger partial charge in [-0.05, 0) is 19.1 Å². The van der Waals surface area contributed by atoms with Crippen molar-refractivity contribution in [2.45, 2.75) is 13.1 Å². The Bertz CT molecular complexity index is 871. The molecule has 0 atom stereocenters. The predicted molar refractivity (Wildman–Crippen MR) is 92.2 cm³/mol. The van der Waals surface area contributed by atoms with Crippen LogP contribution in [0.1, 0.15) is 12.5 Å². The van der Waals surface area contributed by atoms with Crippen LogP contribution >= 0.6 is 0 Å². The van der Waals surface area contributed by atoms with E-state index in [4.69, 9.17) is 0 Å². The number of para-hydroxylation sites is 1. The Labute approximate surface area is 163 Å². The first-order valence-corrected chi connectivity index (χ1v) is 8.34. The molecule has 2 rings (SSSR count). The largest absolute Gasteiger partial charge is 0.418 e. The second kappa shape index (κ2) is 8.29. The SMILES string of the molecule is CCN(CC(=O)Nc1ccccc1C(F)(F)F)C(=O)CN1C(=O)C(=O)N(C)C1=O. The molecule has 1 heterocycles. The number of nitrogens with zero attached hydrogens (tertiary/aromatic N) is 3. The topological polar surface area (TPSA) is 107 Å². The van der Waals surface area contributed by atoms with E-state index in [1.54, 1.807) is 0 Å². The van der Waals surface area contributed by atoms with Crippen molar-refractivity contribution >= 4 is 35.3 Å². The van der Waals surface area contributed by atoms with E-state index < -0.39 is 60.2 Å². The molecule has 0 aliphatic carbocycles. The number of likely N-dealkylation sites (N-methyl/N-ethyl adjacent to an activating group) is 2. The van der Waals surface area contributed by atoms with Crippen molar-refractivity contribution in [1.82, 2.24) is 14.7 Å². The minimum Gasteiger partial charge on any atom is -0.332 e. The van der Waals surface area contributed by atoms with Gasteiger partial charge in [0, 0.05) is 13.6 Å². The summed E-state index contributed by atoms with van der Waals surface area (Å²) in [5, 5.41) is 2.10. The van der Waals surface area contributed by atoms with E-state index in [2.05, 4.69) is 5.32 Å². The van der Waals surface area contributed by atoms with E-state index in [1.807, 2.05) is 0 Å². The molecule has 0 unspecified atom stereocenters. The van der Waals surface area contributed by atoms with Gasteiger partial charge in [0.25, 0.3) is 0 Å². The molecule has 0 spiro atoms. The van der Waals surface area contributed by atoms with Crippen molar-refractivity contribution in [2.75, 3.05) is 32.0 Å². The van der Waals surface area contributed by atoms with Gasteiger partial charge in [0.05, 0.1) is 17.8 Å². The number of nitrogens with one attached hydrogen (secondary N) is 1. The van der Waals surface area contributed by atoms with Gasteiger partial charge in [-0.1, -0.05) is 12.1 Å². The Morgan fingerprint density at radius 3 is 2.24 bits per heavy atom. The summed E-state index contributed by atoms with van der Waals surface area (Å²) in [4.78, 5) is 61.4. The molecular formula is C17H17F3N4O5. The highest BCUT2D eigenvalue weighted by atomic mass is 19.4. The lowest BCUT2D eigenvalue weighted by molar-refractivity contribution is -0.144. The Balaban J connectivity index is 2.06. The minimum absolute atomic E-state index is 0.0207. The van der Waals surface area contributed by atoms with Crippen molar-refractivity contribution in [3.8, 4) is 0 Å². The van der Waals surface area contributed by atoms with Crippen LogP contribution in [-0.2, 0) is 25.4 Å². The van der Waals surface area contributed by atoms with Crippen LogP contribution in [0, 0.1) is 0 Å². The smallest absolute Gasteiger partial charge is 0.332 e. The van der Waals surface area contributed by atoms with E-state index in [0.717, 1.165) is 24.1 Å². The van der Waals surface area contributed by atoms with Gasteiger partial charge < -0.3 is 10.2 Å². The molecule has 156 valence electrons. The van der Waals surface area contributed by atoms with E-state index >= 15 is 0 Å². The first-order valence-electron chi connectivity index (χ1n) is 8.34. The molecular weight excluding hydrogens is 397 g/mol. The number of benzene rings is 1. The van der Waals surface area contributed by atoms with Crippen molar-refractivity contribution in [1.29, 1.82) is 0 Å². The number of hydrogen-bond donors (Lipinski definition) is 1. The Morgan fingerprint density at radius 2 is 1.72 bits per heavy atom. The molecule has 1 aliphatic rings. The standard InChI is InChI=1S/C17H17F3N4O5/c1-3-23(13(26)9-24-15(28)14(27)22(2)16(24)29)8-12(25)21-11-7-5-4-6-10(11)17(18,19)20/h4-7H,3,8-9H2,1-2H3,(H,21,25). The van der Waals surface area contributed by atoms with Crippen molar-refractivity contribution in [3.05, 3.63) is 29.8 Å². The van der Waals surface area contributed by atoms with Crippen molar-refractivity contribution in [3.63, 3.8) is 0 Å². The monoisotopic (exact) mass is 414 g/mol. The lowest BCUT2D eigenvalue weighted by Gasteiger charge is -2.23. The van der Waals surface area contributed by atoms with Gasteiger partial charge in [-0.2, -0.15) is 13.2 Å². The molecule has 0 radical (unpaired) electrons. The molecule has 0 saturated carbocycles. The quantitative estimate of drug-likeness (QED) is 0.550. The van der Waals surface area contributed by atoms with E-state index in [9.17, 15) is 37.1 Å². The second-order valence-electron chi connectivity index (χ2n) is 6.04. The zero-order chi connectivity index (χ0) is 21.9. The zero-order valence-corrected chi connectivity index (χ0v) is 15.4. The summed E-state index contributed by atoms with van der Waals surface area (Å²) in [6.07, 6.45) is -4.68. The van der Waals surface area contributed by atoms with Crippen LogP contribution in [0.25, 0.3) is 0 Å². The van der Waals surface area contributed by atoms with Crippen LogP contribution in [0.2, 0.25) is 0 Å². The third-order valence-corrected chi connectivity index (χ3v) is 4.12. The van der Waals surface area contributed by atoms with E-state index in [0.29, 0.717) is 9.80 Å². The Kier molecular flexibility index (Phi) is 6.25. The Hall–Kier alpha value is -3.44. The van der Waals surface area contributed by atoms with Crippen molar-refractivity contribution < 1.29 is 37.1 Å². The van der Waals surface area contributed by atoms with Gasteiger partial charge in [-0.15, -0.1) is 0 Å². The van der Waals surface area contributed by atoms with Gasteiger partial charge in [0.15, 0.2) is 0 Å².